The Bertz CT molecular complexity index is 529. The zero-order chi connectivity index (χ0) is 15.2. The molecule has 0 spiro atoms. The fourth-order valence-corrected chi connectivity index (χ4v) is 5.86. The summed E-state index contributed by atoms with van der Waals surface area (Å²) < 4.78 is 0. The van der Waals surface area contributed by atoms with Crippen molar-refractivity contribution in [3.8, 4) is 0 Å². The molecule has 0 N–H and O–H groups in total. The van der Waals surface area contributed by atoms with E-state index in [1.807, 2.05) is 0 Å². The van der Waals surface area contributed by atoms with Gasteiger partial charge in [0.15, 0.2) is 0 Å². The second-order valence-electron chi connectivity index (χ2n) is 6.59. The van der Waals surface area contributed by atoms with Gasteiger partial charge in [0.1, 0.15) is 0 Å². The van der Waals surface area contributed by atoms with Gasteiger partial charge in [0, 0.05) is 0 Å². The van der Waals surface area contributed by atoms with Crippen molar-refractivity contribution in [1.29, 1.82) is 0 Å². The van der Waals surface area contributed by atoms with Gasteiger partial charge in [-0.1, -0.05) is 83.6 Å². The van der Waals surface area contributed by atoms with Crippen LogP contribution in [-0.4, -0.2) is 9.52 Å². The van der Waals surface area contributed by atoms with Gasteiger partial charge in [0.2, 0.25) is 0 Å². The first-order valence-corrected chi connectivity index (χ1v) is 10.0. The monoisotopic (exact) mass is 298 g/mol. The largest absolute Gasteiger partial charge is 0.0832 e. The molecule has 0 radical (unpaired) electrons. The minimum absolute atomic E-state index is 0.269. The average molecular weight is 299 g/mol. The molecule has 0 unspecified atom stereocenters. The molecule has 0 heterocycles. The lowest BCUT2D eigenvalue weighted by Gasteiger charge is -2.09. The Kier molecular flexibility index (Phi) is 6.04. The van der Waals surface area contributed by atoms with Crippen LogP contribution in [0.25, 0.3) is 0 Å². The molecule has 0 saturated heterocycles. The molecule has 0 amide bonds. The first-order chi connectivity index (χ1) is 10.1. The zero-order valence-electron chi connectivity index (χ0n) is 14.3. The van der Waals surface area contributed by atoms with Gasteiger partial charge >= 0.3 is 0 Å². The van der Waals surface area contributed by atoms with Gasteiger partial charge in [-0.05, 0) is 39.5 Å². The Morgan fingerprint density at radius 1 is 1.00 bits per heavy atom. The Morgan fingerprint density at radius 3 is 2.33 bits per heavy atom. The molecule has 114 valence electrons. The van der Waals surface area contributed by atoms with Crippen LogP contribution in [0.5, 0.6) is 0 Å². The highest BCUT2D eigenvalue weighted by molar-refractivity contribution is 6.61. The summed E-state index contributed by atoms with van der Waals surface area (Å²) >= 11 is 0. The van der Waals surface area contributed by atoms with Crippen LogP contribution in [0, 0.1) is 13.8 Å². The van der Waals surface area contributed by atoms with E-state index in [1.165, 1.54) is 49.7 Å². The molecule has 0 bridgehead atoms. The van der Waals surface area contributed by atoms with Gasteiger partial charge < -0.3 is 0 Å². The molecule has 0 nitrogen and oxygen atoms in total. The van der Waals surface area contributed by atoms with Crippen molar-refractivity contribution in [2.24, 2.45) is 0 Å². The van der Waals surface area contributed by atoms with E-state index in [9.17, 15) is 0 Å². The molecule has 0 atom stereocenters. The number of hydrogen-bond acceptors (Lipinski definition) is 0. The third-order valence-corrected chi connectivity index (χ3v) is 6.40. The number of benzene rings is 1. The van der Waals surface area contributed by atoms with Crippen LogP contribution in [-0.2, 0) is 0 Å². The lowest BCUT2D eigenvalue weighted by atomic mass is 10.1. The maximum atomic E-state index is 2.53. The minimum atomic E-state index is -0.269. The van der Waals surface area contributed by atoms with E-state index in [0.29, 0.717) is 0 Å². The predicted octanol–water partition coefficient (Wildman–Crippen LogP) is 4.67. The SMILES string of the molecule is CCCCCC1=CC(CC)=C([SiH2]c2cc(C)cc(C)c2)C1. The predicted molar refractivity (Wildman–Crippen MR) is 98.3 cm³/mol. The molecule has 2 rings (SSSR count). The molecule has 1 heteroatoms. The minimum Gasteiger partial charge on any atom is -0.0755 e. The summed E-state index contributed by atoms with van der Waals surface area (Å²) in [5.74, 6) is 0. The van der Waals surface area contributed by atoms with Crippen molar-refractivity contribution < 1.29 is 0 Å². The van der Waals surface area contributed by atoms with Crippen molar-refractivity contribution in [2.75, 3.05) is 0 Å². The lowest BCUT2D eigenvalue weighted by molar-refractivity contribution is 0.708. The molecule has 1 aliphatic rings. The normalized spacial score (nSPS) is 15.3. The van der Waals surface area contributed by atoms with E-state index >= 15 is 0 Å². The Balaban J connectivity index is 2.03. The van der Waals surface area contributed by atoms with E-state index in [-0.39, 0.29) is 9.52 Å². The number of aryl methyl sites for hydroxylation is 2. The standard InChI is InChI=1S/C20H30Si/c1-5-7-8-9-17-13-18(6-2)20(14-17)21-19-11-15(3)10-16(4)12-19/h10-13H,5-9,14,21H2,1-4H3. The van der Waals surface area contributed by atoms with Crippen LogP contribution >= 0.6 is 0 Å². The van der Waals surface area contributed by atoms with E-state index in [0.717, 1.165) is 0 Å². The summed E-state index contributed by atoms with van der Waals surface area (Å²) in [6, 6.07) is 7.11. The van der Waals surface area contributed by atoms with Crippen molar-refractivity contribution in [1.82, 2.24) is 0 Å². The Labute approximate surface area is 133 Å². The van der Waals surface area contributed by atoms with E-state index < -0.39 is 0 Å². The highest BCUT2D eigenvalue weighted by Crippen LogP contribution is 2.30. The van der Waals surface area contributed by atoms with E-state index in [4.69, 9.17) is 0 Å². The maximum absolute atomic E-state index is 2.53. The molecule has 0 aromatic heterocycles. The molecule has 1 aromatic carbocycles. The molecule has 0 fully saturated rings. The van der Waals surface area contributed by atoms with Crippen LogP contribution in [0.1, 0.15) is 63.5 Å². The average Bonchev–Trinajstić information content (AvgIpc) is 2.80. The van der Waals surface area contributed by atoms with Gasteiger partial charge in [0.25, 0.3) is 0 Å². The topological polar surface area (TPSA) is 0 Å². The highest BCUT2D eigenvalue weighted by atomic mass is 28.2. The van der Waals surface area contributed by atoms with Crippen molar-refractivity contribution >= 4 is 14.7 Å². The fourth-order valence-electron chi connectivity index (χ4n) is 3.50. The summed E-state index contributed by atoms with van der Waals surface area (Å²) in [5, 5.41) is 3.42. The summed E-state index contributed by atoms with van der Waals surface area (Å²) in [6.45, 7) is 9.06. The fraction of sp³-hybridized carbons (Fsp3) is 0.500. The molecule has 0 saturated carbocycles. The molecular formula is C20H30Si. The molecular weight excluding hydrogens is 268 g/mol. The van der Waals surface area contributed by atoms with Crippen molar-refractivity contribution in [3.63, 3.8) is 0 Å². The Hall–Kier alpha value is -1.08. The summed E-state index contributed by atoms with van der Waals surface area (Å²) in [4.78, 5) is 0. The van der Waals surface area contributed by atoms with Gasteiger partial charge in [-0.2, -0.15) is 0 Å². The summed E-state index contributed by atoms with van der Waals surface area (Å²) in [6.07, 6.45) is 10.4. The smallest absolute Gasteiger partial charge is 0.0755 e. The second kappa shape index (κ2) is 7.79. The first kappa shape index (κ1) is 16.3. The van der Waals surface area contributed by atoms with Gasteiger partial charge in [-0.15, -0.1) is 0 Å². The van der Waals surface area contributed by atoms with E-state index in [2.05, 4.69) is 52.0 Å². The molecule has 1 aromatic rings. The number of unbranched alkanes of at least 4 members (excludes halogenated alkanes) is 2. The second-order valence-corrected chi connectivity index (χ2v) is 8.62. The quantitative estimate of drug-likeness (QED) is 0.507. The third-order valence-electron chi connectivity index (χ3n) is 4.45. The molecule has 0 aliphatic heterocycles. The molecule has 21 heavy (non-hydrogen) atoms. The van der Waals surface area contributed by atoms with Crippen LogP contribution in [0.3, 0.4) is 0 Å². The van der Waals surface area contributed by atoms with Crippen LogP contribution < -0.4 is 5.19 Å². The third kappa shape index (κ3) is 4.71. The number of rotatable bonds is 7. The van der Waals surface area contributed by atoms with Crippen molar-refractivity contribution in [2.45, 2.75) is 66.2 Å². The van der Waals surface area contributed by atoms with Crippen LogP contribution in [0.15, 0.2) is 40.6 Å². The maximum Gasteiger partial charge on any atom is 0.0832 e. The van der Waals surface area contributed by atoms with Crippen molar-refractivity contribution in [3.05, 3.63) is 51.7 Å². The van der Waals surface area contributed by atoms with Crippen LogP contribution in [0.4, 0.5) is 0 Å². The van der Waals surface area contributed by atoms with Gasteiger partial charge in [-0.25, -0.2) is 0 Å². The highest BCUT2D eigenvalue weighted by Gasteiger charge is 2.15. The first-order valence-electron chi connectivity index (χ1n) is 8.59. The Morgan fingerprint density at radius 2 is 1.71 bits per heavy atom. The number of allylic oxidation sites excluding steroid dienone is 4. The number of hydrogen-bond donors (Lipinski definition) is 0. The van der Waals surface area contributed by atoms with Gasteiger partial charge in [-0.3, -0.25) is 0 Å². The summed E-state index contributed by atoms with van der Waals surface area (Å²) in [7, 11) is -0.269. The lowest BCUT2D eigenvalue weighted by Crippen LogP contribution is -2.17. The van der Waals surface area contributed by atoms with Gasteiger partial charge in [0.05, 0.1) is 9.52 Å². The molecule has 1 aliphatic carbocycles. The summed E-state index contributed by atoms with van der Waals surface area (Å²) in [5.41, 5.74) is 6.20. The zero-order valence-corrected chi connectivity index (χ0v) is 15.7. The van der Waals surface area contributed by atoms with E-state index in [1.54, 1.807) is 21.5 Å². The van der Waals surface area contributed by atoms with Crippen LogP contribution in [0.2, 0.25) is 0 Å².